The number of hydrogen-bond acceptors (Lipinski definition) is 2. The average Bonchev–Trinajstić information content (AvgIpc) is 2.72. The molecular weight excluding hydrogens is 409 g/mol. The van der Waals surface area contributed by atoms with Crippen LogP contribution in [0.4, 0.5) is 0 Å². The second-order valence-electron chi connectivity index (χ2n) is 4.65. The van der Waals surface area contributed by atoms with Gasteiger partial charge < -0.3 is 10.0 Å². The molecule has 5 heteroatoms. The summed E-state index contributed by atoms with van der Waals surface area (Å²) in [4.78, 5) is 14.3. The first-order valence-corrected chi connectivity index (χ1v) is 8.10. The summed E-state index contributed by atoms with van der Waals surface area (Å²) in [5.41, 5.74) is 0.405. The van der Waals surface area contributed by atoms with E-state index in [1.165, 1.54) is 0 Å². The smallest absolute Gasteiger partial charge is 0.257 e. The normalized spacial score (nSPS) is 23.4. The predicted octanol–water partition coefficient (Wildman–Crippen LogP) is 3.24. The van der Waals surface area contributed by atoms with Gasteiger partial charge in [-0.3, -0.25) is 4.79 Å². The zero-order valence-corrected chi connectivity index (χ0v) is 13.8. The first-order valence-electron chi connectivity index (χ1n) is 5.90. The van der Waals surface area contributed by atoms with E-state index in [0.29, 0.717) is 11.5 Å². The molecule has 0 bridgehead atoms. The predicted molar refractivity (Wildman–Crippen MR) is 83.2 cm³/mol. The Morgan fingerprint density at radius 2 is 2.33 bits per heavy atom. The van der Waals surface area contributed by atoms with Crippen molar-refractivity contribution in [2.45, 2.75) is 19.4 Å². The van der Waals surface area contributed by atoms with E-state index in [2.05, 4.69) is 45.4 Å². The summed E-state index contributed by atoms with van der Waals surface area (Å²) < 4.78 is 0.955. The van der Waals surface area contributed by atoms with Gasteiger partial charge in [0.1, 0.15) is 5.75 Å². The summed E-state index contributed by atoms with van der Waals surface area (Å²) in [7, 11) is 0. The lowest BCUT2D eigenvalue weighted by molar-refractivity contribution is 0.0735. The topological polar surface area (TPSA) is 40.5 Å². The van der Waals surface area contributed by atoms with Gasteiger partial charge in [-0.05, 0) is 53.1 Å². The fourth-order valence-corrected chi connectivity index (χ4v) is 3.81. The highest BCUT2D eigenvalue weighted by molar-refractivity contribution is 14.1. The maximum Gasteiger partial charge on any atom is 0.257 e. The Labute approximate surface area is 129 Å². The number of phenols is 1. The minimum atomic E-state index is -0.0696. The van der Waals surface area contributed by atoms with Gasteiger partial charge in [0.2, 0.25) is 0 Å². The summed E-state index contributed by atoms with van der Waals surface area (Å²) >= 11 is 5.62. The zero-order valence-electron chi connectivity index (χ0n) is 10.1. The Morgan fingerprint density at radius 3 is 3.00 bits per heavy atom. The van der Waals surface area contributed by atoms with Crippen LogP contribution in [-0.2, 0) is 0 Å². The molecule has 1 aromatic rings. The maximum atomic E-state index is 12.5. The van der Waals surface area contributed by atoms with Gasteiger partial charge >= 0.3 is 0 Å². The van der Waals surface area contributed by atoms with Crippen molar-refractivity contribution in [1.82, 2.24) is 4.90 Å². The minimum Gasteiger partial charge on any atom is -0.507 e. The number of halogens is 2. The van der Waals surface area contributed by atoms with E-state index in [9.17, 15) is 9.90 Å². The molecule has 1 aliphatic heterocycles. The molecule has 1 amide bonds. The standard InChI is InChI=1S/C13H15BrINO2/c1-8-4-5-16(11(8)7-14)13(18)10-6-9(15)2-3-12(10)17/h2-3,6,8,11,17H,4-5,7H2,1H3. The molecule has 18 heavy (non-hydrogen) atoms. The SMILES string of the molecule is CC1CCN(C(=O)c2cc(I)ccc2O)C1CBr. The molecule has 1 fully saturated rings. The monoisotopic (exact) mass is 423 g/mol. The van der Waals surface area contributed by atoms with Crippen molar-refractivity contribution in [3.05, 3.63) is 27.3 Å². The number of phenolic OH excluding ortho intramolecular Hbond substituents is 1. The lowest BCUT2D eigenvalue weighted by atomic mass is 10.0. The van der Waals surface area contributed by atoms with E-state index >= 15 is 0 Å². The molecule has 0 spiro atoms. The first-order chi connectivity index (χ1) is 8.54. The molecule has 0 aromatic heterocycles. The van der Waals surface area contributed by atoms with Gasteiger partial charge in [-0.15, -0.1) is 0 Å². The molecule has 3 nitrogen and oxygen atoms in total. The molecule has 1 saturated heterocycles. The van der Waals surface area contributed by atoms with Gasteiger partial charge in [-0.25, -0.2) is 0 Å². The Hall–Kier alpha value is -0.300. The van der Waals surface area contributed by atoms with Crippen molar-refractivity contribution in [2.24, 2.45) is 5.92 Å². The van der Waals surface area contributed by atoms with E-state index < -0.39 is 0 Å². The summed E-state index contributed by atoms with van der Waals surface area (Å²) in [6, 6.07) is 5.33. The van der Waals surface area contributed by atoms with Crippen LogP contribution in [-0.4, -0.2) is 33.8 Å². The van der Waals surface area contributed by atoms with Crippen LogP contribution >= 0.6 is 38.5 Å². The van der Waals surface area contributed by atoms with E-state index in [1.54, 1.807) is 18.2 Å². The fourth-order valence-electron chi connectivity index (χ4n) is 2.33. The van der Waals surface area contributed by atoms with Gasteiger partial charge in [0, 0.05) is 21.5 Å². The van der Waals surface area contributed by atoms with Crippen molar-refractivity contribution in [1.29, 1.82) is 0 Å². The van der Waals surface area contributed by atoms with Gasteiger partial charge in [0.25, 0.3) is 5.91 Å². The van der Waals surface area contributed by atoms with Crippen molar-refractivity contribution < 1.29 is 9.90 Å². The first kappa shape index (κ1) is 14.1. The molecule has 0 radical (unpaired) electrons. The van der Waals surface area contributed by atoms with Crippen molar-refractivity contribution in [3.8, 4) is 5.75 Å². The van der Waals surface area contributed by atoms with Crippen molar-refractivity contribution in [2.75, 3.05) is 11.9 Å². The number of nitrogens with zero attached hydrogens (tertiary/aromatic N) is 1. The highest BCUT2D eigenvalue weighted by Gasteiger charge is 2.34. The molecular formula is C13H15BrINO2. The van der Waals surface area contributed by atoms with Gasteiger partial charge in [0.15, 0.2) is 0 Å². The molecule has 98 valence electrons. The van der Waals surface area contributed by atoms with Crippen molar-refractivity contribution in [3.63, 3.8) is 0 Å². The Bertz CT molecular complexity index is 466. The zero-order chi connectivity index (χ0) is 13.3. The number of likely N-dealkylation sites (tertiary alicyclic amines) is 1. The van der Waals surface area contributed by atoms with Crippen LogP contribution in [0.15, 0.2) is 18.2 Å². The third kappa shape index (κ3) is 2.66. The molecule has 1 aromatic carbocycles. The van der Waals surface area contributed by atoms with Gasteiger partial charge in [0.05, 0.1) is 5.56 Å². The Kier molecular flexibility index (Phi) is 4.53. The summed E-state index contributed by atoms with van der Waals surface area (Å²) in [6.07, 6.45) is 1.02. The molecule has 1 heterocycles. The average molecular weight is 424 g/mol. The second kappa shape index (κ2) is 5.77. The molecule has 1 N–H and O–H groups in total. The van der Waals surface area contributed by atoms with E-state index in [1.807, 2.05) is 4.90 Å². The molecule has 2 rings (SSSR count). The summed E-state index contributed by atoms with van der Waals surface area (Å²) in [5.74, 6) is 0.492. The second-order valence-corrected chi connectivity index (χ2v) is 6.54. The fraction of sp³-hybridized carbons (Fsp3) is 0.462. The number of carbonyl (C=O) groups is 1. The summed E-state index contributed by atoms with van der Waals surface area (Å²) in [5, 5.41) is 10.6. The Balaban J connectivity index is 2.28. The van der Waals surface area contributed by atoms with E-state index in [0.717, 1.165) is 21.9 Å². The van der Waals surface area contributed by atoms with Gasteiger partial charge in [-0.2, -0.15) is 0 Å². The van der Waals surface area contributed by atoms with Crippen molar-refractivity contribution >= 4 is 44.4 Å². The van der Waals surface area contributed by atoms with Crippen LogP contribution in [0.2, 0.25) is 0 Å². The maximum absolute atomic E-state index is 12.5. The van der Waals surface area contributed by atoms with Crippen LogP contribution < -0.4 is 0 Å². The molecule has 2 atom stereocenters. The quantitative estimate of drug-likeness (QED) is 0.586. The van der Waals surface area contributed by atoms with Crippen LogP contribution in [0.5, 0.6) is 5.75 Å². The van der Waals surface area contributed by atoms with E-state index in [-0.39, 0.29) is 17.7 Å². The van der Waals surface area contributed by atoms with Crippen LogP contribution in [0.25, 0.3) is 0 Å². The minimum absolute atomic E-state index is 0.0632. The number of alkyl halides is 1. The summed E-state index contributed by atoms with van der Waals surface area (Å²) in [6.45, 7) is 2.93. The van der Waals surface area contributed by atoms with E-state index in [4.69, 9.17) is 0 Å². The lowest BCUT2D eigenvalue weighted by Gasteiger charge is -2.25. The highest BCUT2D eigenvalue weighted by Crippen LogP contribution is 2.29. The van der Waals surface area contributed by atoms with Crippen LogP contribution in [0.1, 0.15) is 23.7 Å². The number of amides is 1. The third-order valence-electron chi connectivity index (χ3n) is 3.49. The third-order valence-corrected chi connectivity index (χ3v) is 4.82. The number of rotatable bonds is 2. The Morgan fingerprint density at radius 1 is 1.61 bits per heavy atom. The highest BCUT2D eigenvalue weighted by atomic mass is 127. The molecule has 1 aliphatic rings. The number of hydrogen-bond donors (Lipinski definition) is 1. The molecule has 0 aliphatic carbocycles. The number of aromatic hydroxyl groups is 1. The van der Waals surface area contributed by atoms with Crippen LogP contribution in [0.3, 0.4) is 0 Å². The lowest BCUT2D eigenvalue weighted by Crippen LogP contribution is -2.38. The number of benzene rings is 1. The van der Waals surface area contributed by atoms with Crippen LogP contribution in [0, 0.1) is 9.49 Å². The van der Waals surface area contributed by atoms with Gasteiger partial charge in [-0.1, -0.05) is 22.9 Å². The molecule has 0 saturated carbocycles. The molecule has 2 unspecified atom stereocenters. The largest absolute Gasteiger partial charge is 0.507 e. The number of carbonyl (C=O) groups excluding carboxylic acids is 1.